The van der Waals surface area contributed by atoms with Crippen LogP contribution in [-0.2, 0) is 4.74 Å². The van der Waals surface area contributed by atoms with Crippen LogP contribution in [0.3, 0.4) is 0 Å². The van der Waals surface area contributed by atoms with Crippen molar-refractivity contribution in [1.29, 1.82) is 5.26 Å². The van der Waals surface area contributed by atoms with Crippen molar-refractivity contribution in [3.8, 4) is 23.1 Å². The van der Waals surface area contributed by atoms with Crippen LogP contribution in [0.15, 0.2) is 24.3 Å². The van der Waals surface area contributed by atoms with E-state index >= 15 is 0 Å². The van der Waals surface area contributed by atoms with Crippen molar-refractivity contribution in [2.45, 2.75) is 26.4 Å². The van der Waals surface area contributed by atoms with E-state index in [1.54, 1.807) is 39.0 Å². The van der Waals surface area contributed by atoms with Crippen molar-refractivity contribution in [3.05, 3.63) is 35.0 Å². The zero-order valence-electron chi connectivity index (χ0n) is 15.2. The number of benzene rings is 1. The maximum absolute atomic E-state index is 12.7. The van der Waals surface area contributed by atoms with Crippen molar-refractivity contribution in [3.63, 3.8) is 0 Å². The number of nitriles is 1. The Balaban J connectivity index is 2.14. The number of aromatic nitrogens is 1. The smallest absolute Gasteiger partial charge is 0.415 e. The number of nitrogens with zero attached hydrogens (tertiary/aromatic N) is 3. The average molecular weight is 404 g/mol. The van der Waals surface area contributed by atoms with E-state index < -0.39 is 11.7 Å². The highest BCUT2D eigenvalue weighted by Crippen LogP contribution is 2.38. The lowest BCUT2D eigenvalue weighted by atomic mass is 10.1. The summed E-state index contributed by atoms with van der Waals surface area (Å²) in [5.41, 5.74) is 1.21. The van der Waals surface area contributed by atoms with Gasteiger partial charge in [-0.3, -0.25) is 4.90 Å². The molecule has 140 valence electrons. The second-order valence-corrected chi connectivity index (χ2v) is 8.09. The van der Waals surface area contributed by atoms with Gasteiger partial charge in [-0.1, -0.05) is 17.7 Å². The zero-order chi connectivity index (χ0) is 19.8. The molecule has 1 aliphatic heterocycles. The zero-order valence-corrected chi connectivity index (χ0v) is 17.2. The third kappa shape index (κ3) is 4.16. The number of carbonyl (C=O) groups is 1. The number of anilines is 1. The number of ether oxygens (including phenoxy) is 2. The van der Waals surface area contributed by atoms with Gasteiger partial charge >= 0.3 is 6.09 Å². The summed E-state index contributed by atoms with van der Waals surface area (Å²) in [7, 11) is 2.62. The molecule has 2 heterocycles. The topological polar surface area (TPSA) is 75.4 Å². The molecule has 1 atom stereocenters. The Hall–Kier alpha value is -2.35. The lowest BCUT2D eigenvalue weighted by molar-refractivity contribution is 0.0567. The fraction of sp³-hybridized carbons (Fsp3) is 0.316. The molecule has 3 rings (SSSR count). The number of carbonyl (C=O) groups excluding carboxylic acids is 1. The summed E-state index contributed by atoms with van der Waals surface area (Å²) in [6.45, 7) is 5.99. The molecule has 0 spiro atoms. The van der Waals surface area contributed by atoms with E-state index in [0.717, 1.165) is 10.9 Å². The van der Waals surface area contributed by atoms with Crippen LogP contribution >= 0.6 is 20.8 Å². The highest BCUT2D eigenvalue weighted by Gasteiger charge is 2.31. The molecule has 6 nitrogen and oxygen atoms in total. The summed E-state index contributed by atoms with van der Waals surface area (Å²) in [5.74, 6) is 0.283. The van der Waals surface area contributed by atoms with Crippen LogP contribution in [0, 0.1) is 11.3 Å². The molecule has 0 saturated carbocycles. The molecule has 1 amide bonds. The van der Waals surface area contributed by atoms with E-state index in [1.807, 2.05) is 6.07 Å². The van der Waals surface area contributed by atoms with E-state index in [4.69, 9.17) is 21.1 Å². The van der Waals surface area contributed by atoms with Crippen molar-refractivity contribution < 1.29 is 14.3 Å². The Kier molecular flexibility index (Phi) is 5.28. The van der Waals surface area contributed by atoms with Crippen molar-refractivity contribution in [1.82, 2.24) is 4.98 Å². The van der Waals surface area contributed by atoms with E-state index in [-0.39, 0.29) is 18.1 Å². The molecular weight excluding hydrogens is 385 g/mol. The Morgan fingerprint density at radius 3 is 2.81 bits per heavy atom. The molecule has 0 N–H and O–H groups in total. The summed E-state index contributed by atoms with van der Waals surface area (Å²) in [6.07, 6.45) is -0.495. The van der Waals surface area contributed by atoms with E-state index in [2.05, 4.69) is 20.3 Å². The SMILES string of the molecule is CC(C)(C)OC(=O)N1CCOc2c1cc(-c1cc(Cl)ccc1P)nc2C#N. The minimum absolute atomic E-state index is 0.111. The molecular formula is C19H19ClN3O3P. The maximum atomic E-state index is 12.7. The predicted octanol–water partition coefficient (Wildman–Crippen LogP) is 3.91. The summed E-state index contributed by atoms with van der Waals surface area (Å²) >= 11 is 6.12. The molecule has 8 heteroatoms. The summed E-state index contributed by atoms with van der Waals surface area (Å²) in [6, 6.07) is 9.15. The highest BCUT2D eigenvalue weighted by atomic mass is 35.5. The molecule has 1 aliphatic rings. The second kappa shape index (κ2) is 7.34. The number of hydrogen-bond donors (Lipinski definition) is 0. The minimum atomic E-state index is -0.635. The summed E-state index contributed by atoms with van der Waals surface area (Å²) in [4.78, 5) is 18.5. The van der Waals surface area contributed by atoms with Gasteiger partial charge in [-0.05, 0) is 44.3 Å². The van der Waals surface area contributed by atoms with E-state index in [9.17, 15) is 10.1 Å². The highest BCUT2D eigenvalue weighted by molar-refractivity contribution is 7.28. The maximum Gasteiger partial charge on any atom is 0.415 e. The van der Waals surface area contributed by atoms with Gasteiger partial charge in [0.05, 0.1) is 17.9 Å². The van der Waals surface area contributed by atoms with Crippen molar-refractivity contribution >= 4 is 37.9 Å². The van der Waals surface area contributed by atoms with Gasteiger partial charge in [0, 0.05) is 10.6 Å². The van der Waals surface area contributed by atoms with Gasteiger partial charge in [-0.15, -0.1) is 9.24 Å². The minimum Gasteiger partial charge on any atom is -0.486 e. The monoisotopic (exact) mass is 403 g/mol. The molecule has 2 aromatic rings. The molecule has 1 aromatic heterocycles. The van der Waals surface area contributed by atoms with Crippen LogP contribution < -0.4 is 14.9 Å². The quantitative estimate of drug-likeness (QED) is 0.675. The average Bonchev–Trinajstić information content (AvgIpc) is 2.60. The summed E-state index contributed by atoms with van der Waals surface area (Å²) < 4.78 is 11.1. The normalized spacial score (nSPS) is 13.4. The molecule has 0 fully saturated rings. The number of hydrogen-bond acceptors (Lipinski definition) is 5. The van der Waals surface area contributed by atoms with Crippen LogP contribution in [-0.4, -0.2) is 29.8 Å². The van der Waals surface area contributed by atoms with Gasteiger partial charge in [0.1, 0.15) is 18.3 Å². The van der Waals surface area contributed by atoms with Gasteiger partial charge in [-0.2, -0.15) is 5.26 Å². The third-order valence-electron chi connectivity index (χ3n) is 3.82. The molecule has 0 saturated heterocycles. The van der Waals surface area contributed by atoms with E-state index in [1.165, 1.54) is 4.90 Å². The fourth-order valence-electron chi connectivity index (χ4n) is 2.69. The number of pyridine rings is 1. The number of halogens is 1. The first-order valence-corrected chi connectivity index (χ1v) is 9.29. The van der Waals surface area contributed by atoms with Gasteiger partial charge < -0.3 is 9.47 Å². The molecule has 1 aromatic carbocycles. The molecule has 0 bridgehead atoms. The van der Waals surface area contributed by atoms with Gasteiger partial charge in [0.2, 0.25) is 0 Å². The van der Waals surface area contributed by atoms with E-state index in [0.29, 0.717) is 22.9 Å². The molecule has 1 unspecified atom stereocenters. The van der Waals surface area contributed by atoms with Gasteiger partial charge in [0.25, 0.3) is 0 Å². The van der Waals surface area contributed by atoms with Crippen LogP contribution in [0.1, 0.15) is 26.5 Å². The van der Waals surface area contributed by atoms with Gasteiger partial charge in [-0.25, -0.2) is 9.78 Å². The van der Waals surface area contributed by atoms with Crippen molar-refractivity contribution in [2.75, 3.05) is 18.1 Å². The van der Waals surface area contributed by atoms with Crippen LogP contribution in [0.5, 0.6) is 5.75 Å². The number of rotatable bonds is 1. The Labute approximate surface area is 165 Å². The first kappa shape index (κ1) is 19.4. The summed E-state index contributed by atoms with van der Waals surface area (Å²) in [5, 5.41) is 11.0. The Morgan fingerprint density at radius 2 is 2.15 bits per heavy atom. The lowest BCUT2D eigenvalue weighted by Gasteiger charge is -2.32. The van der Waals surface area contributed by atoms with Crippen LogP contribution in [0.4, 0.5) is 10.5 Å². The fourth-order valence-corrected chi connectivity index (χ4v) is 3.19. The lowest BCUT2D eigenvalue weighted by Crippen LogP contribution is -2.41. The number of fused-ring (bicyclic) bond motifs is 1. The van der Waals surface area contributed by atoms with Gasteiger partial charge in [0.15, 0.2) is 11.4 Å². The largest absolute Gasteiger partial charge is 0.486 e. The first-order chi connectivity index (χ1) is 12.7. The van der Waals surface area contributed by atoms with Crippen molar-refractivity contribution in [2.24, 2.45) is 0 Å². The third-order valence-corrected chi connectivity index (χ3v) is 4.56. The molecule has 0 radical (unpaired) electrons. The standard InChI is InChI=1S/C19H19ClN3O3P/c1-19(2,3)26-18(24)23-6-7-25-17-14(10-21)22-13(9-15(17)23)12-8-11(20)4-5-16(12)27/h4-5,8-9H,6-7,27H2,1-3H3. The predicted molar refractivity (Wildman–Crippen MR) is 108 cm³/mol. The Morgan fingerprint density at radius 1 is 1.41 bits per heavy atom. The Bertz CT molecular complexity index is 950. The first-order valence-electron chi connectivity index (χ1n) is 8.33. The van der Waals surface area contributed by atoms with Crippen LogP contribution in [0.25, 0.3) is 11.3 Å². The molecule has 0 aliphatic carbocycles. The molecule has 27 heavy (non-hydrogen) atoms. The number of amides is 1. The second-order valence-electron chi connectivity index (χ2n) is 7.03. The van der Waals surface area contributed by atoms with Crippen LogP contribution in [0.2, 0.25) is 5.02 Å².